The summed E-state index contributed by atoms with van der Waals surface area (Å²) < 4.78 is 10.6. The van der Waals surface area contributed by atoms with Gasteiger partial charge in [0.05, 0.1) is 0 Å². The van der Waals surface area contributed by atoms with Crippen LogP contribution < -0.4 is 20.1 Å². The Labute approximate surface area is 161 Å². The average Bonchev–Trinajstić information content (AvgIpc) is 3.37. The first-order valence-electron chi connectivity index (χ1n) is 8.76. The molecule has 0 aromatic heterocycles. The number of hydrogen-bond donors (Lipinski definition) is 2. The van der Waals surface area contributed by atoms with Crippen LogP contribution in [0.5, 0.6) is 11.5 Å². The normalized spacial score (nSPS) is 15.9. The number of rotatable bonds is 6. The summed E-state index contributed by atoms with van der Waals surface area (Å²) in [5.41, 5.74) is 0.872. The van der Waals surface area contributed by atoms with E-state index in [0.29, 0.717) is 42.5 Å². The summed E-state index contributed by atoms with van der Waals surface area (Å²) in [5.74, 6) is 0.892. The lowest BCUT2D eigenvalue weighted by molar-refractivity contribution is -0.137. The van der Waals surface area contributed by atoms with Crippen molar-refractivity contribution in [2.24, 2.45) is 5.41 Å². The zero-order valence-electron chi connectivity index (χ0n) is 14.6. The van der Waals surface area contributed by atoms with Gasteiger partial charge in [0, 0.05) is 18.1 Å². The highest BCUT2D eigenvalue weighted by molar-refractivity contribution is 6.30. The minimum absolute atomic E-state index is 0.210. The molecule has 0 atom stereocenters. The number of nitrogens with one attached hydrogen (secondary N) is 2. The lowest BCUT2D eigenvalue weighted by Gasteiger charge is -2.15. The van der Waals surface area contributed by atoms with Gasteiger partial charge in [-0.25, -0.2) is 0 Å². The first-order chi connectivity index (χ1) is 13.1. The fraction of sp³-hybridized carbons (Fsp3) is 0.300. The van der Waals surface area contributed by atoms with Gasteiger partial charge < -0.3 is 20.1 Å². The van der Waals surface area contributed by atoms with E-state index in [1.54, 1.807) is 12.1 Å². The van der Waals surface area contributed by atoms with Crippen LogP contribution in [0.1, 0.15) is 24.0 Å². The van der Waals surface area contributed by atoms with E-state index in [1.165, 1.54) is 0 Å². The van der Waals surface area contributed by atoms with E-state index < -0.39 is 5.41 Å². The summed E-state index contributed by atoms with van der Waals surface area (Å²) in [6.07, 6.45) is 1.12. The predicted molar refractivity (Wildman–Crippen MR) is 99.4 cm³/mol. The molecule has 1 heterocycles. The second kappa shape index (κ2) is 7.12. The Bertz CT molecular complexity index is 878. The molecule has 2 aliphatic rings. The summed E-state index contributed by atoms with van der Waals surface area (Å²) in [4.78, 5) is 25.1. The highest BCUT2D eigenvalue weighted by Gasteiger charge is 2.56. The Kier molecular flexibility index (Phi) is 4.66. The van der Waals surface area contributed by atoms with Gasteiger partial charge in [-0.2, -0.15) is 0 Å². The molecular formula is C20H19ClN2O4. The van der Waals surface area contributed by atoms with Gasteiger partial charge in [-0.3, -0.25) is 9.59 Å². The molecule has 140 valence electrons. The quantitative estimate of drug-likeness (QED) is 0.748. The molecule has 0 saturated heterocycles. The molecule has 1 aliphatic carbocycles. The first kappa shape index (κ1) is 17.7. The second-order valence-corrected chi connectivity index (χ2v) is 7.20. The van der Waals surface area contributed by atoms with Crippen LogP contribution in [0.15, 0.2) is 42.5 Å². The third kappa shape index (κ3) is 3.71. The van der Waals surface area contributed by atoms with Crippen LogP contribution in [0.25, 0.3) is 0 Å². The Hall–Kier alpha value is -2.73. The Morgan fingerprint density at radius 1 is 0.889 bits per heavy atom. The number of carbonyl (C=O) groups is 2. The molecule has 1 fully saturated rings. The molecule has 2 N–H and O–H groups in total. The standard InChI is InChI=1S/C20H19ClN2O4/c21-15-4-1-13(2-5-15)10-22-18(24)20(7-8-20)19(25)23-11-14-3-6-16-17(9-14)27-12-26-16/h1-6,9H,7-8,10-12H2,(H,22,24)(H,23,25). The molecule has 2 amide bonds. The zero-order valence-corrected chi connectivity index (χ0v) is 15.3. The highest BCUT2D eigenvalue weighted by Crippen LogP contribution is 2.46. The molecule has 1 saturated carbocycles. The molecule has 4 rings (SSSR count). The van der Waals surface area contributed by atoms with Crippen molar-refractivity contribution in [1.82, 2.24) is 10.6 Å². The third-order valence-electron chi connectivity index (χ3n) is 4.88. The van der Waals surface area contributed by atoms with Crippen LogP contribution in [0.4, 0.5) is 0 Å². The first-order valence-corrected chi connectivity index (χ1v) is 9.14. The van der Waals surface area contributed by atoms with Crippen LogP contribution in [0.3, 0.4) is 0 Å². The maximum Gasteiger partial charge on any atom is 0.235 e. The van der Waals surface area contributed by atoms with Crippen molar-refractivity contribution in [1.29, 1.82) is 0 Å². The number of halogens is 1. The molecule has 27 heavy (non-hydrogen) atoms. The van der Waals surface area contributed by atoms with Crippen molar-refractivity contribution in [2.75, 3.05) is 6.79 Å². The molecule has 6 nitrogen and oxygen atoms in total. The number of hydrogen-bond acceptors (Lipinski definition) is 4. The summed E-state index contributed by atoms with van der Waals surface area (Å²) in [7, 11) is 0. The van der Waals surface area contributed by atoms with Crippen LogP contribution in [0.2, 0.25) is 5.02 Å². The minimum atomic E-state index is -0.956. The Morgan fingerprint density at radius 2 is 1.48 bits per heavy atom. The molecule has 7 heteroatoms. The summed E-state index contributed by atoms with van der Waals surface area (Å²) in [6, 6.07) is 12.8. The maximum absolute atomic E-state index is 12.6. The summed E-state index contributed by atoms with van der Waals surface area (Å²) in [5, 5.41) is 6.37. The Morgan fingerprint density at radius 3 is 2.15 bits per heavy atom. The van der Waals surface area contributed by atoms with E-state index >= 15 is 0 Å². The summed E-state index contributed by atoms with van der Waals surface area (Å²) >= 11 is 5.86. The van der Waals surface area contributed by atoms with Crippen molar-refractivity contribution in [3.8, 4) is 11.5 Å². The zero-order chi connectivity index (χ0) is 18.9. The van der Waals surface area contributed by atoms with Gasteiger partial charge in [-0.1, -0.05) is 29.8 Å². The molecule has 0 radical (unpaired) electrons. The number of amides is 2. The molecule has 2 aromatic rings. The predicted octanol–water partition coefficient (Wildman–Crippen LogP) is 2.78. The number of ether oxygens (including phenoxy) is 2. The fourth-order valence-corrected chi connectivity index (χ4v) is 3.16. The number of carbonyl (C=O) groups excluding carboxylic acids is 2. The Balaban J connectivity index is 1.32. The van der Waals surface area contributed by atoms with E-state index in [4.69, 9.17) is 21.1 Å². The van der Waals surface area contributed by atoms with E-state index in [2.05, 4.69) is 10.6 Å². The fourth-order valence-electron chi connectivity index (χ4n) is 3.04. The van der Waals surface area contributed by atoms with E-state index in [-0.39, 0.29) is 18.6 Å². The third-order valence-corrected chi connectivity index (χ3v) is 5.13. The smallest absolute Gasteiger partial charge is 0.235 e. The van der Waals surface area contributed by atoms with Crippen molar-refractivity contribution >= 4 is 23.4 Å². The van der Waals surface area contributed by atoms with Gasteiger partial charge in [-0.05, 0) is 48.2 Å². The molecule has 2 aromatic carbocycles. The molecule has 0 bridgehead atoms. The molecule has 1 aliphatic heterocycles. The van der Waals surface area contributed by atoms with Gasteiger partial charge in [0.2, 0.25) is 18.6 Å². The van der Waals surface area contributed by atoms with E-state index in [1.807, 2.05) is 30.3 Å². The van der Waals surface area contributed by atoms with Gasteiger partial charge in [0.25, 0.3) is 0 Å². The maximum atomic E-state index is 12.6. The number of fused-ring (bicyclic) bond motifs is 1. The van der Waals surface area contributed by atoms with E-state index in [9.17, 15) is 9.59 Å². The van der Waals surface area contributed by atoms with Gasteiger partial charge >= 0.3 is 0 Å². The number of benzene rings is 2. The molecule has 0 spiro atoms. The lowest BCUT2D eigenvalue weighted by atomic mass is 10.0. The SMILES string of the molecule is O=C(NCc1ccc(Cl)cc1)C1(C(=O)NCc2ccc3c(c2)OCO3)CC1. The van der Waals surface area contributed by atoms with Crippen LogP contribution in [-0.4, -0.2) is 18.6 Å². The molecular weight excluding hydrogens is 368 g/mol. The van der Waals surface area contributed by atoms with Crippen molar-refractivity contribution in [3.63, 3.8) is 0 Å². The van der Waals surface area contributed by atoms with E-state index in [0.717, 1.165) is 11.1 Å². The van der Waals surface area contributed by atoms with Gasteiger partial charge in [0.1, 0.15) is 5.41 Å². The van der Waals surface area contributed by atoms with Crippen LogP contribution >= 0.6 is 11.6 Å². The van der Waals surface area contributed by atoms with Gasteiger partial charge in [0.15, 0.2) is 11.5 Å². The minimum Gasteiger partial charge on any atom is -0.454 e. The largest absolute Gasteiger partial charge is 0.454 e. The van der Waals surface area contributed by atoms with Crippen LogP contribution in [-0.2, 0) is 22.7 Å². The average molecular weight is 387 g/mol. The lowest BCUT2D eigenvalue weighted by Crippen LogP contribution is -2.42. The van der Waals surface area contributed by atoms with Crippen molar-refractivity contribution < 1.29 is 19.1 Å². The van der Waals surface area contributed by atoms with Gasteiger partial charge in [-0.15, -0.1) is 0 Å². The topological polar surface area (TPSA) is 76.7 Å². The van der Waals surface area contributed by atoms with Crippen molar-refractivity contribution in [2.45, 2.75) is 25.9 Å². The molecule has 0 unspecified atom stereocenters. The second-order valence-electron chi connectivity index (χ2n) is 6.76. The summed E-state index contributed by atoms with van der Waals surface area (Å²) in [6.45, 7) is 0.914. The van der Waals surface area contributed by atoms with Crippen LogP contribution in [0, 0.1) is 5.41 Å². The van der Waals surface area contributed by atoms with Crippen molar-refractivity contribution in [3.05, 3.63) is 58.6 Å². The monoisotopic (exact) mass is 386 g/mol. The highest BCUT2D eigenvalue weighted by atomic mass is 35.5.